The highest BCUT2D eigenvalue weighted by Gasteiger charge is 2.14. The van der Waals surface area contributed by atoms with E-state index in [-0.39, 0.29) is 17.4 Å². The third-order valence-electron chi connectivity index (χ3n) is 2.81. The number of nitrogens with two attached hydrogens (primary N) is 1. The van der Waals surface area contributed by atoms with Crippen LogP contribution in [0.2, 0.25) is 0 Å². The molecule has 0 fully saturated rings. The van der Waals surface area contributed by atoms with Crippen LogP contribution in [-0.4, -0.2) is 46.5 Å². The van der Waals surface area contributed by atoms with Gasteiger partial charge in [-0.15, -0.1) is 11.8 Å². The van der Waals surface area contributed by atoms with Crippen molar-refractivity contribution in [3.8, 4) is 0 Å². The van der Waals surface area contributed by atoms with E-state index in [1.165, 1.54) is 17.3 Å². The average molecular weight is 296 g/mol. The first-order chi connectivity index (χ1) is 9.40. The molecule has 1 atom stereocenters. The summed E-state index contributed by atoms with van der Waals surface area (Å²) in [6.07, 6.45) is 0. The second-order valence-corrected chi connectivity index (χ2v) is 5.73. The van der Waals surface area contributed by atoms with Crippen LogP contribution in [-0.2, 0) is 16.1 Å². The van der Waals surface area contributed by atoms with Crippen LogP contribution in [0.1, 0.15) is 11.1 Å². The molecule has 0 aliphatic carbocycles. The normalized spacial score (nSPS) is 11.9. The van der Waals surface area contributed by atoms with Gasteiger partial charge in [-0.3, -0.25) is 9.59 Å². The van der Waals surface area contributed by atoms with Crippen molar-refractivity contribution in [3.63, 3.8) is 0 Å². The summed E-state index contributed by atoms with van der Waals surface area (Å²) in [4.78, 5) is 24.1. The number of carbonyl (C=O) groups is 2. The van der Waals surface area contributed by atoms with Crippen LogP contribution in [0.3, 0.4) is 0 Å². The van der Waals surface area contributed by atoms with Crippen molar-refractivity contribution in [1.82, 2.24) is 4.90 Å². The van der Waals surface area contributed by atoms with Crippen molar-refractivity contribution in [3.05, 3.63) is 35.4 Å². The molecule has 1 aromatic carbocycles. The van der Waals surface area contributed by atoms with Gasteiger partial charge < -0.3 is 15.7 Å². The number of carboxylic acid groups (broad SMARTS) is 1. The van der Waals surface area contributed by atoms with Crippen molar-refractivity contribution in [1.29, 1.82) is 0 Å². The lowest BCUT2D eigenvalue weighted by atomic mass is 10.1. The number of thioether (sulfide) groups is 1. The average Bonchev–Trinajstić information content (AvgIpc) is 2.40. The first kappa shape index (κ1) is 16.5. The number of hydrogen-bond acceptors (Lipinski definition) is 4. The highest BCUT2D eigenvalue weighted by molar-refractivity contribution is 8.00. The summed E-state index contributed by atoms with van der Waals surface area (Å²) < 4.78 is 0. The molecule has 6 heteroatoms. The highest BCUT2D eigenvalue weighted by Crippen LogP contribution is 2.08. The summed E-state index contributed by atoms with van der Waals surface area (Å²) in [5, 5.41) is 8.64. The van der Waals surface area contributed by atoms with Gasteiger partial charge in [-0.25, -0.2) is 0 Å². The Kier molecular flexibility index (Phi) is 6.54. The van der Waals surface area contributed by atoms with E-state index >= 15 is 0 Å². The largest absolute Gasteiger partial charge is 0.480 e. The topological polar surface area (TPSA) is 83.6 Å². The van der Waals surface area contributed by atoms with E-state index in [1.54, 1.807) is 11.9 Å². The molecule has 1 rings (SSSR count). The Morgan fingerprint density at radius 1 is 1.35 bits per heavy atom. The molecule has 0 spiro atoms. The molecule has 0 unspecified atom stereocenters. The van der Waals surface area contributed by atoms with Gasteiger partial charge in [0.05, 0.1) is 5.75 Å². The smallest absolute Gasteiger partial charge is 0.321 e. The third-order valence-corrected chi connectivity index (χ3v) is 3.85. The summed E-state index contributed by atoms with van der Waals surface area (Å²) >= 11 is 1.24. The molecule has 0 aliphatic rings. The number of amides is 1. The number of rotatable bonds is 7. The maximum absolute atomic E-state index is 11.9. The Morgan fingerprint density at radius 3 is 2.50 bits per heavy atom. The number of carboxylic acids is 1. The zero-order valence-corrected chi connectivity index (χ0v) is 12.5. The van der Waals surface area contributed by atoms with E-state index in [1.807, 2.05) is 31.2 Å². The van der Waals surface area contributed by atoms with Gasteiger partial charge in [-0.2, -0.15) is 0 Å². The minimum absolute atomic E-state index is 0.0341. The standard InChI is InChI=1S/C14H20N2O3S/c1-10-3-5-11(6-4-10)7-16(2)13(17)9-20-8-12(15)14(18)19/h3-6,12H,7-9,15H2,1-2H3,(H,18,19)/t12-/m0/s1. The van der Waals surface area contributed by atoms with Gasteiger partial charge in [0.25, 0.3) is 0 Å². The Morgan fingerprint density at radius 2 is 1.95 bits per heavy atom. The quantitative estimate of drug-likeness (QED) is 0.787. The molecule has 0 aliphatic heterocycles. The summed E-state index contributed by atoms with van der Waals surface area (Å²) in [7, 11) is 1.74. The van der Waals surface area contributed by atoms with Gasteiger partial charge >= 0.3 is 5.97 Å². The monoisotopic (exact) mass is 296 g/mol. The zero-order chi connectivity index (χ0) is 15.1. The number of nitrogens with zero attached hydrogens (tertiary/aromatic N) is 1. The van der Waals surface area contributed by atoms with Crippen molar-refractivity contribution in [2.24, 2.45) is 5.73 Å². The number of benzene rings is 1. The van der Waals surface area contributed by atoms with Gasteiger partial charge in [0.15, 0.2) is 0 Å². The zero-order valence-electron chi connectivity index (χ0n) is 11.7. The molecular formula is C14H20N2O3S. The number of carbonyl (C=O) groups excluding carboxylic acids is 1. The lowest BCUT2D eigenvalue weighted by Crippen LogP contribution is -2.34. The first-order valence-corrected chi connectivity index (χ1v) is 7.41. The van der Waals surface area contributed by atoms with Crippen LogP contribution in [0.5, 0.6) is 0 Å². The van der Waals surface area contributed by atoms with Gasteiger partial charge in [-0.1, -0.05) is 29.8 Å². The minimum atomic E-state index is -1.04. The van der Waals surface area contributed by atoms with Crippen molar-refractivity contribution in [2.75, 3.05) is 18.6 Å². The summed E-state index contributed by atoms with van der Waals surface area (Å²) in [5.41, 5.74) is 7.62. The van der Waals surface area contributed by atoms with Crippen LogP contribution in [0, 0.1) is 6.92 Å². The molecule has 3 N–H and O–H groups in total. The Bertz CT molecular complexity index is 462. The summed E-state index contributed by atoms with van der Waals surface area (Å²) in [6.45, 7) is 2.56. The maximum Gasteiger partial charge on any atom is 0.321 e. The second-order valence-electron chi connectivity index (χ2n) is 4.70. The van der Waals surface area contributed by atoms with Crippen LogP contribution < -0.4 is 5.73 Å². The fourth-order valence-corrected chi connectivity index (χ4v) is 2.42. The van der Waals surface area contributed by atoms with Crippen molar-refractivity contribution < 1.29 is 14.7 Å². The minimum Gasteiger partial charge on any atom is -0.480 e. The molecule has 5 nitrogen and oxygen atoms in total. The van der Waals surface area contributed by atoms with Gasteiger partial charge in [0.2, 0.25) is 5.91 Å². The maximum atomic E-state index is 11.9. The Hall–Kier alpha value is -1.53. The fourth-order valence-electron chi connectivity index (χ4n) is 1.51. The fraction of sp³-hybridized carbons (Fsp3) is 0.429. The van der Waals surface area contributed by atoms with E-state index in [2.05, 4.69) is 0 Å². The highest BCUT2D eigenvalue weighted by atomic mass is 32.2. The predicted octanol–water partition coefficient (Wildman–Crippen LogP) is 1.10. The molecule has 0 saturated carbocycles. The van der Waals surface area contributed by atoms with E-state index in [0.29, 0.717) is 6.54 Å². The van der Waals surface area contributed by atoms with Crippen LogP contribution >= 0.6 is 11.8 Å². The van der Waals surface area contributed by atoms with E-state index < -0.39 is 12.0 Å². The number of hydrogen-bond donors (Lipinski definition) is 2. The Balaban J connectivity index is 2.35. The number of aliphatic carboxylic acids is 1. The first-order valence-electron chi connectivity index (χ1n) is 6.25. The van der Waals surface area contributed by atoms with Crippen molar-refractivity contribution in [2.45, 2.75) is 19.5 Å². The van der Waals surface area contributed by atoms with Gasteiger partial charge in [0.1, 0.15) is 6.04 Å². The number of aryl methyl sites for hydroxylation is 1. The molecule has 20 heavy (non-hydrogen) atoms. The lowest BCUT2D eigenvalue weighted by Gasteiger charge is -2.17. The van der Waals surface area contributed by atoms with E-state index in [4.69, 9.17) is 10.8 Å². The summed E-state index contributed by atoms with van der Waals surface area (Å²) in [6, 6.07) is 7.08. The molecule has 0 bridgehead atoms. The van der Waals surface area contributed by atoms with E-state index in [0.717, 1.165) is 5.56 Å². The molecule has 0 radical (unpaired) electrons. The van der Waals surface area contributed by atoms with Crippen molar-refractivity contribution >= 4 is 23.6 Å². The lowest BCUT2D eigenvalue weighted by molar-refractivity contribution is -0.138. The Labute approximate surface area is 123 Å². The molecular weight excluding hydrogens is 276 g/mol. The SMILES string of the molecule is Cc1ccc(CN(C)C(=O)CSC[C@H](N)C(=O)O)cc1. The van der Waals surface area contributed by atoms with Crippen LogP contribution in [0.25, 0.3) is 0 Å². The molecule has 0 aromatic heterocycles. The van der Waals surface area contributed by atoms with Gasteiger partial charge in [-0.05, 0) is 12.5 Å². The summed E-state index contributed by atoms with van der Waals surface area (Å²) in [5.74, 6) is -0.603. The molecule has 1 aromatic rings. The molecule has 110 valence electrons. The van der Waals surface area contributed by atoms with Gasteiger partial charge in [0, 0.05) is 19.3 Å². The molecule has 0 heterocycles. The van der Waals surface area contributed by atoms with Crippen LogP contribution in [0.4, 0.5) is 0 Å². The second kappa shape index (κ2) is 7.91. The predicted molar refractivity (Wildman–Crippen MR) is 80.6 cm³/mol. The van der Waals surface area contributed by atoms with Crippen LogP contribution in [0.15, 0.2) is 24.3 Å². The molecule has 1 amide bonds. The van der Waals surface area contributed by atoms with E-state index in [9.17, 15) is 9.59 Å². The third kappa shape index (κ3) is 5.63. The molecule has 0 saturated heterocycles.